The molecule has 0 unspecified atom stereocenters. The van der Waals surface area contributed by atoms with Crippen molar-refractivity contribution in [2.45, 2.75) is 32.1 Å². The summed E-state index contributed by atoms with van der Waals surface area (Å²) in [4.78, 5) is 15.7. The average Bonchev–Trinajstić information content (AvgIpc) is 3.21. The zero-order valence-electron chi connectivity index (χ0n) is 13.3. The molecule has 3 heterocycles. The number of para-hydroxylation sites is 1. The van der Waals surface area contributed by atoms with E-state index in [4.69, 9.17) is 0 Å². The molecule has 1 aliphatic rings. The molecule has 0 saturated heterocycles. The number of aryl methyl sites for hydroxylation is 1. The number of hydrogen-bond donors (Lipinski definition) is 0. The van der Waals surface area contributed by atoms with Gasteiger partial charge in [0.15, 0.2) is 0 Å². The van der Waals surface area contributed by atoms with Crippen LogP contribution in [0.5, 0.6) is 0 Å². The van der Waals surface area contributed by atoms with Gasteiger partial charge in [0.05, 0.1) is 11.1 Å². The van der Waals surface area contributed by atoms with E-state index in [2.05, 4.69) is 17.1 Å². The maximum atomic E-state index is 13.4. The Morgan fingerprint density at radius 3 is 2.92 bits per heavy atom. The predicted octanol–water partition coefficient (Wildman–Crippen LogP) is 3.53. The molecule has 5 rings (SSSR count). The number of rotatable bonds is 1. The second-order valence-corrected chi connectivity index (χ2v) is 7.47. The number of thiophene rings is 1. The van der Waals surface area contributed by atoms with Crippen molar-refractivity contribution < 1.29 is 0 Å². The summed E-state index contributed by atoms with van der Waals surface area (Å²) in [6.45, 7) is 2.23. The van der Waals surface area contributed by atoms with E-state index in [9.17, 15) is 4.79 Å². The molecule has 0 fully saturated rings. The van der Waals surface area contributed by atoms with Crippen LogP contribution in [0.25, 0.3) is 21.7 Å². The van der Waals surface area contributed by atoms with E-state index in [0.717, 1.165) is 28.7 Å². The fraction of sp³-hybridized carbons (Fsp3) is 0.278. The normalized spacial score (nSPS) is 17.5. The van der Waals surface area contributed by atoms with Gasteiger partial charge in [0.2, 0.25) is 5.78 Å². The van der Waals surface area contributed by atoms with E-state index in [1.807, 2.05) is 34.7 Å². The van der Waals surface area contributed by atoms with Crippen LogP contribution in [0.3, 0.4) is 0 Å². The second-order valence-electron chi connectivity index (χ2n) is 6.39. The van der Waals surface area contributed by atoms with E-state index >= 15 is 0 Å². The molecule has 120 valence electrons. The molecule has 0 spiro atoms. The number of aromatic nitrogens is 4. The Balaban J connectivity index is 2.00. The Hall–Kier alpha value is -2.47. The van der Waals surface area contributed by atoms with Crippen molar-refractivity contribution in [1.29, 1.82) is 0 Å². The first kappa shape index (κ1) is 13.9. The number of fused-ring (bicyclic) bond motifs is 5. The van der Waals surface area contributed by atoms with E-state index in [-0.39, 0.29) is 5.56 Å². The standard InChI is InChI=1S/C18H16N4OS/c1-11-6-5-9-13-14(11)15-16(23)22(12-7-3-2-4-8-12)18-20-19-10-21(18)17(15)24-13/h2-4,7-8,10-11H,5-6,9H2,1H3/t11-/m0/s1. The van der Waals surface area contributed by atoms with Crippen LogP contribution < -0.4 is 5.56 Å². The van der Waals surface area contributed by atoms with Gasteiger partial charge in [-0.15, -0.1) is 21.5 Å². The zero-order valence-corrected chi connectivity index (χ0v) is 14.1. The SMILES string of the molecule is C[C@H]1CCCc2sc3c(c21)c(=O)n(-c1ccccc1)c1nncn31. The van der Waals surface area contributed by atoms with Crippen molar-refractivity contribution in [3.05, 3.63) is 57.5 Å². The number of nitrogens with zero attached hydrogens (tertiary/aromatic N) is 4. The molecular weight excluding hydrogens is 320 g/mol. The Labute approximate surface area is 142 Å². The minimum atomic E-state index is 0.0166. The van der Waals surface area contributed by atoms with Crippen LogP contribution in [0.4, 0.5) is 0 Å². The van der Waals surface area contributed by atoms with Crippen molar-refractivity contribution in [1.82, 2.24) is 19.2 Å². The van der Waals surface area contributed by atoms with Crippen molar-refractivity contribution >= 4 is 27.3 Å². The van der Waals surface area contributed by atoms with Gasteiger partial charge in [-0.05, 0) is 42.9 Å². The fourth-order valence-electron chi connectivity index (χ4n) is 3.81. The summed E-state index contributed by atoms with van der Waals surface area (Å²) in [6.07, 6.45) is 5.11. The molecule has 0 N–H and O–H groups in total. The van der Waals surface area contributed by atoms with E-state index in [0.29, 0.717) is 11.7 Å². The Morgan fingerprint density at radius 2 is 2.08 bits per heavy atom. The lowest BCUT2D eigenvalue weighted by Gasteiger charge is -2.18. The predicted molar refractivity (Wildman–Crippen MR) is 95.3 cm³/mol. The largest absolute Gasteiger partial charge is 0.268 e. The van der Waals surface area contributed by atoms with Gasteiger partial charge in [-0.3, -0.25) is 9.20 Å². The lowest BCUT2D eigenvalue weighted by molar-refractivity contribution is 0.601. The highest BCUT2D eigenvalue weighted by atomic mass is 32.1. The Kier molecular flexibility index (Phi) is 2.91. The molecule has 24 heavy (non-hydrogen) atoms. The highest BCUT2D eigenvalue weighted by molar-refractivity contribution is 7.18. The van der Waals surface area contributed by atoms with Gasteiger partial charge in [0.25, 0.3) is 5.56 Å². The summed E-state index contributed by atoms with van der Waals surface area (Å²) in [7, 11) is 0. The summed E-state index contributed by atoms with van der Waals surface area (Å²) >= 11 is 1.73. The van der Waals surface area contributed by atoms with Crippen molar-refractivity contribution in [2.24, 2.45) is 0 Å². The highest BCUT2D eigenvalue weighted by Gasteiger charge is 2.27. The average molecular weight is 336 g/mol. The van der Waals surface area contributed by atoms with Gasteiger partial charge in [-0.1, -0.05) is 25.1 Å². The smallest absolute Gasteiger partial charge is 0.268 e. The lowest BCUT2D eigenvalue weighted by Crippen LogP contribution is -2.22. The molecular formula is C18H16N4OS. The third-order valence-electron chi connectivity index (χ3n) is 4.92. The maximum Gasteiger partial charge on any atom is 0.268 e. The topological polar surface area (TPSA) is 52.2 Å². The first-order chi connectivity index (χ1) is 11.8. The molecule has 0 bridgehead atoms. The van der Waals surface area contributed by atoms with Gasteiger partial charge in [-0.25, -0.2) is 4.57 Å². The molecule has 0 aliphatic heterocycles. The summed E-state index contributed by atoms with van der Waals surface area (Å²) in [6, 6.07) is 9.69. The van der Waals surface area contributed by atoms with Crippen LogP contribution in [-0.2, 0) is 6.42 Å². The van der Waals surface area contributed by atoms with Gasteiger partial charge in [0.1, 0.15) is 11.2 Å². The van der Waals surface area contributed by atoms with E-state index in [1.54, 1.807) is 22.2 Å². The molecule has 1 aromatic carbocycles. The second kappa shape index (κ2) is 5.01. The summed E-state index contributed by atoms with van der Waals surface area (Å²) in [5, 5.41) is 9.12. The van der Waals surface area contributed by atoms with Crippen molar-refractivity contribution in [3.63, 3.8) is 0 Å². The van der Waals surface area contributed by atoms with Crippen LogP contribution in [0.2, 0.25) is 0 Å². The number of benzene rings is 1. The minimum absolute atomic E-state index is 0.0166. The van der Waals surface area contributed by atoms with Crippen LogP contribution in [0.15, 0.2) is 41.5 Å². The zero-order chi connectivity index (χ0) is 16.3. The van der Waals surface area contributed by atoms with Gasteiger partial charge < -0.3 is 0 Å². The summed E-state index contributed by atoms with van der Waals surface area (Å²) in [5.74, 6) is 0.998. The Morgan fingerprint density at radius 1 is 1.25 bits per heavy atom. The monoisotopic (exact) mass is 336 g/mol. The maximum absolute atomic E-state index is 13.4. The summed E-state index contributed by atoms with van der Waals surface area (Å²) < 4.78 is 3.64. The minimum Gasteiger partial charge on any atom is -0.268 e. The molecule has 6 heteroatoms. The molecule has 1 atom stereocenters. The molecule has 0 saturated carbocycles. The molecule has 0 radical (unpaired) electrons. The molecule has 4 aromatic rings. The van der Waals surface area contributed by atoms with Crippen molar-refractivity contribution in [3.8, 4) is 5.69 Å². The third-order valence-corrected chi connectivity index (χ3v) is 6.18. The van der Waals surface area contributed by atoms with Crippen LogP contribution >= 0.6 is 11.3 Å². The summed E-state index contributed by atoms with van der Waals surface area (Å²) in [5.41, 5.74) is 2.08. The highest BCUT2D eigenvalue weighted by Crippen LogP contribution is 2.40. The molecule has 3 aromatic heterocycles. The van der Waals surface area contributed by atoms with E-state index < -0.39 is 0 Å². The fourth-order valence-corrected chi connectivity index (χ4v) is 5.23. The van der Waals surface area contributed by atoms with Crippen LogP contribution in [0.1, 0.15) is 36.1 Å². The van der Waals surface area contributed by atoms with E-state index in [1.165, 1.54) is 16.9 Å². The molecule has 5 nitrogen and oxygen atoms in total. The Bertz CT molecular complexity index is 1120. The van der Waals surface area contributed by atoms with Crippen LogP contribution in [-0.4, -0.2) is 19.2 Å². The number of hydrogen-bond acceptors (Lipinski definition) is 4. The first-order valence-corrected chi connectivity index (χ1v) is 9.03. The van der Waals surface area contributed by atoms with Gasteiger partial charge >= 0.3 is 0 Å². The molecule has 0 amide bonds. The van der Waals surface area contributed by atoms with Gasteiger partial charge in [-0.2, -0.15) is 0 Å². The van der Waals surface area contributed by atoms with Crippen molar-refractivity contribution in [2.75, 3.05) is 0 Å². The van der Waals surface area contributed by atoms with Gasteiger partial charge in [0, 0.05) is 4.88 Å². The quantitative estimate of drug-likeness (QED) is 0.534. The third kappa shape index (κ3) is 1.77. The van der Waals surface area contributed by atoms with Crippen LogP contribution in [0, 0.1) is 0 Å². The first-order valence-electron chi connectivity index (χ1n) is 8.21. The molecule has 1 aliphatic carbocycles. The lowest BCUT2D eigenvalue weighted by atomic mass is 9.88.